The van der Waals surface area contributed by atoms with Gasteiger partial charge in [-0.05, 0) is 0 Å². The van der Waals surface area contributed by atoms with Gasteiger partial charge < -0.3 is 10.1 Å². The molecule has 6 nitrogen and oxygen atoms in total. The first kappa shape index (κ1) is 7.16. The predicted octanol–water partition coefficient (Wildman–Crippen LogP) is 1.31. The van der Waals surface area contributed by atoms with Crippen molar-refractivity contribution in [1.82, 2.24) is 0 Å². The number of nitro groups is 1. The fraction of sp³-hybridized carbons (Fsp3) is 0.125. The van der Waals surface area contributed by atoms with Crippen molar-refractivity contribution in [3.63, 3.8) is 0 Å². The zero-order valence-electron chi connectivity index (χ0n) is 10.2. The van der Waals surface area contributed by atoms with E-state index in [1.165, 1.54) is 0 Å². The van der Waals surface area contributed by atoms with Crippen molar-refractivity contribution in [2.24, 2.45) is 0 Å². The zero-order valence-corrected chi connectivity index (χ0v) is 7.19. The van der Waals surface area contributed by atoms with Crippen LogP contribution in [0.1, 0.15) is 4.11 Å². The molecule has 0 atom stereocenters. The minimum absolute atomic E-state index is 0.156. The van der Waals surface area contributed by atoms with Crippen LogP contribution in [0.5, 0.6) is 5.75 Å². The third-order valence-corrected chi connectivity index (χ3v) is 1.57. The Morgan fingerprint density at radius 1 is 1.73 bits per heavy atom. The van der Waals surface area contributed by atoms with Gasteiger partial charge in [0.1, 0.15) is 5.75 Å². The molecule has 0 spiro atoms. The van der Waals surface area contributed by atoms with E-state index in [0.717, 1.165) is 0 Å². The molecule has 1 rings (SSSR count). The highest BCUT2D eigenvalue weighted by Crippen LogP contribution is 2.31. The van der Waals surface area contributed by atoms with E-state index in [-0.39, 0.29) is 12.1 Å². The van der Waals surface area contributed by atoms with Crippen LogP contribution in [0.3, 0.4) is 0 Å². The normalized spacial score (nSPS) is 13.3. The molecule has 0 fully saturated rings. The molecule has 7 heteroatoms. The number of rotatable bonds is 4. The maximum Gasteiger partial charge on any atom is 0.307 e. The molecule has 0 unspecified atom stereocenters. The van der Waals surface area contributed by atoms with E-state index in [1.54, 1.807) is 0 Å². The number of methoxy groups -OCH3 is 1. The van der Waals surface area contributed by atoms with Crippen molar-refractivity contribution >= 4 is 17.8 Å². The van der Waals surface area contributed by atoms with E-state index in [0.29, 0.717) is 12.1 Å². The number of halogens is 1. The van der Waals surface area contributed by atoms with Crippen LogP contribution >= 0.6 is 0 Å². The number of nitro benzene ring substituents is 1. The molecule has 15 heavy (non-hydrogen) atoms. The molecule has 0 aliphatic heterocycles. The number of benzene rings is 1. The highest BCUT2D eigenvalue weighted by molar-refractivity contribution is 5.77. The van der Waals surface area contributed by atoms with Crippen LogP contribution < -0.4 is 10.1 Å². The van der Waals surface area contributed by atoms with Crippen molar-refractivity contribution in [2.75, 3.05) is 12.4 Å². The fourth-order valence-corrected chi connectivity index (χ4v) is 0.944. The van der Waals surface area contributed by atoms with Crippen molar-refractivity contribution in [1.29, 1.82) is 0 Å². The number of ether oxygens (including phenoxy) is 1. The molecule has 0 aliphatic rings. The molecule has 0 heterocycles. The standard InChI is InChI=1S/C8H7FN2O4/c1-15-8-2-5(9)7(11(13)14)3-6(8)10-4-12/h2-4H,1H3,(H,10,12)/i1D3. The van der Waals surface area contributed by atoms with E-state index in [2.05, 4.69) is 4.74 Å². The highest BCUT2D eigenvalue weighted by Gasteiger charge is 2.18. The number of amides is 1. The van der Waals surface area contributed by atoms with Gasteiger partial charge >= 0.3 is 5.69 Å². The molecule has 1 aromatic rings. The molecule has 0 aromatic heterocycles. The van der Waals surface area contributed by atoms with E-state index >= 15 is 0 Å². The van der Waals surface area contributed by atoms with Crippen molar-refractivity contribution in [3.05, 3.63) is 28.1 Å². The molecular formula is C8H7FN2O4. The van der Waals surface area contributed by atoms with Crippen LogP contribution in [0.15, 0.2) is 12.1 Å². The predicted molar refractivity (Wildman–Crippen MR) is 49.3 cm³/mol. The Kier molecular flexibility index (Phi) is 2.08. The monoisotopic (exact) mass is 217 g/mol. The summed E-state index contributed by atoms with van der Waals surface area (Å²) in [6, 6.07) is 1.20. The third kappa shape index (κ3) is 2.19. The van der Waals surface area contributed by atoms with Gasteiger partial charge in [0.05, 0.1) is 21.8 Å². The number of carbonyl (C=O) groups is 1. The maximum absolute atomic E-state index is 13.3. The fourth-order valence-electron chi connectivity index (χ4n) is 0.944. The molecule has 1 aromatic carbocycles. The van der Waals surface area contributed by atoms with E-state index in [1.807, 2.05) is 5.32 Å². The molecule has 1 amide bonds. The number of carbonyl (C=O) groups excluding carboxylic acids is 1. The molecule has 0 saturated carbocycles. The second-order valence-corrected chi connectivity index (χ2v) is 2.42. The van der Waals surface area contributed by atoms with Crippen molar-refractivity contribution in [3.8, 4) is 5.75 Å². The number of nitrogens with one attached hydrogen (secondary N) is 1. The Balaban J connectivity index is 3.28. The second kappa shape index (κ2) is 4.36. The van der Waals surface area contributed by atoms with Gasteiger partial charge in [0.15, 0.2) is 0 Å². The summed E-state index contributed by atoms with van der Waals surface area (Å²) in [5.74, 6) is -1.79. The van der Waals surface area contributed by atoms with Gasteiger partial charge in [0.2, 0.25) is 12.2 Å². The van der Waals surface area contributed by atoms with Crippen LogP contribution in [0.25, 0.3) is 0 Å². The Morgan fingerprint density at radius 2 is 2.47 bits per heavy atom. The van der Waals surface area contributed by atoms with Gasteiger partial charge in [-0.1, -0.05) is 0 Å². The summed E-state index contributed by atoms with van der Waals surface area (Å²) in [5, 5.41) is 12.5. The van der Waals surface area contributed by atoms with Crippen molar-refractivity contribution in [2.45, 2.75) is 0 Å². The second-order valence-electron chi connectivity index (χ2n) is 2.42. The number of hydrogen-bond acceptors (Lipinski definition) is 4. The first-order valence-electron chi connectivity index (χ1n) is 5.12. The molecule has 0 radical (unpaired) electrons. The summed E-state index contributed by atoms with van der Waals surface area (Å²) in [4.78, 5) is 19.8. The largest absolute Gasteiger partial charge is 0.494 e. The first-order chi connectivity index (χ1) is 8.24. The number of anilines is 1. The lowest BCUT2D eigenvalue weighted by atomic mass is 10.2. The number of hydrogen-bond donors (Lipinski definition) is 1. The van der Waals surface area contributed by atoms with E-state index in [9.17, 15) is 19.3 Å². The average Bonchev–Trinajstić information content (AvgIpc) is 2.19. The minimum Gasteiger partial charge on any atom is -0.494 e. The lowest BCUT2D eigenvalue weighted by Crippen LogP contribution is -2.01. The summed E-state index contributed by atoms with van der Waals surface area (Å²) in [6.45, 7) is 0. The van der Waals surface area contributed by atoms with E-state index in [4.69, 9.17) is 4.11 Å². The van der Waals surface area contributed by atoms with Crippen LogP contribution in [-0.2, 0) is 4.79 Å². The summed E-state index contributed by atoms with van der Waals surface area (Å²) in [7, 11) is -2.87. The summed E-state index contributed by atoms with van der Waals surface area (Å²) < 4.78 is 38.2. The maximum atomic E-state index is 13.3. The Hall–Kier alpha value is -2.18. The van der Waals surface area contributed by atoms with E-state index < -0.39 is 29.2 Å². The summed E-state index contributed by atoms with van der Waals surface area (Å²) in [5.41, 5.74) is -1.22. The van der Waals surface area contributed by atoms with Crippen molar-refractivity contribution < 1.29 is 23.0 Å². The van der Waals surface area contributed by atoms with Crippen LogP contribution in [-0.4, -0.2) is 18.4 Å². The van der Waals surface area contributed by atoms with Crippen LogP contribution in [0, 0.1) is 15.9 Å². The lowest BCUT2D eigenvalue weighted by Gasteiger charge is -2.06. The first-order valence-corrected chi connectivity index (χ1v) is 3.62. The average molecular weight is 217 g/mol. The molecule has 0 aliphatic carbocycles. The SMILES string of the molecule is [2H]C([2H])([2H])Oc1cc(F)c([N+](=O)[O-])cc1NC=O. The molecular weight excluding hydrogens is 207 g/mol. The highest BCUT2D eigenvalue weighted by atomic mass is 19.1. The van der Waals surface area contributed by atoms with Crippen LogP contribution in [0.2, 0.25) is 0 Å². The zero-order chi connectivity index (χ0) is 13.9. The number of nitrogens with zero attached hydrogens (tertiary/aromatic N) is 1. The van der Waals surface area contributed by atoms with Crippen LogP contribution in [0.4, 0.5) is 15.8 Å². The molecule has 0 saturated heterocycles. The quantitative estimate of drug-likeness (QED) is 0.468. The Bertz CT molecular complexity index is 492. The third-order valence-electron chi connectivity index (χ3n) is 1.57. The summed E-state index contributed by atoms with van der Waals surface area (Å²) >= 11 is 0. The van der Waals surface area contributed by atoms with Gasteiger partial charge in [-0.25, -0.2) is 0 Å². The molecule has 0 bridgehead atoms. The topological polar surface area (TPSA) is 81.5 Å². The smallest absolute Gasteiger partial charge is 0.307 e. The summed E-state index contributed by atoms with van der Waals surface area (Å²) in [6.07, 6.45) is 0.156. The van der Waals surface area contributed by atoms with Gasteiger partial charge in [0, 0.05) is 12.1 Å². The Morgan fingerprint density at radius 3 is 3.00 bits per heavy atom. The van der Waals surface area contributed by atoms with Gasteiger partial charge in [-0.15, -0.1) is 0 Å². The van der Waals surface area contributed by atoms with Gasteiger partial charge in [0.25, 0.3) is 0 Å². The van der Waals surface area contributed by atoms with Gasteiger partial charge in [-0.2, -0.15) is 4.39 Å². The molecule has 1 N–H and O–H groups in total. The minimum atomic E-state index is -2.87. The van der Waals surface area contributed by atoms with Gasteiger partial charge in [-0.3, -0.25) is 14.9 Å². The molecule has 80 valence electrons. The Labute approximate surface area is 88.0 Å². The lowest BCUT2D eigenvalue weighted by molar-refractivity contribution is -0.387.